The molecule has 0 atom stereocenters. The molecule has 68 valence electrons. The van der Waals surface area contributed by atoms with Crippen LogP contribution in [-0.2, 0) is 0 Å². The summed E-state index contributed by atoms with van der Waals surface area (Å²) in [4.78, 5) is 4.11. The number of rotatable bonds is 1. The fourth-order valence-corrected chi connectivity index (χ4v) is 1.59. The van der Waals surface area contributed by atoms with Gasteiger partial charge in [0.25, 0.3) is 6.01 Å². The van der Waals surface area contributed by atoms with Crippen molar-refractivity contribution < 1.29 is 4.42 Å². The smallest absolute Gasteiger partial charge is 0.295 e. The standard InChI is InChI=1S/C8H6Cl2N2O/c1-11-8-12-6-3-4(9)2-5(10)7(6)13-8/h2-3H,1H3,(H,11,12). The number of benzene rings is 1. The second-order valence-electron chi connectivity index (χ2n) is 2.50. The van der Waals surface area contributed by atoms with Gasteiger partial charge in [0.15, 0.2) is 5.58 Å². The van der Waals surface area contributed by atoms with Crippen molar-refractivity contribution in [1.29, 1.82) is 0 Å². The molecule has 0 aliphatic carbocycles. The van der Waals surface area contributed by atoms with Gasteiger partial charge in [0.05, 0.1) is 5.02 Å². The lowest BCUT2D eigenvalue weighted by Crippen LogP contribution is -1.85. The minimum atomic E-state index is 0.430. The molecule has 0 aliphatic heterocycles. The van der Waals surface area contributed by atoms with Crippen LogP contribution < -0.4 is 5.32 Å². The van der Waals surface area contributed by atoms with Gasteiger partial charge in [-0.2, -0.15) is 4.98 Å². The van der Waals surface area contributed by atoms with Crippen molar-refractivity contribution in [2.45, 2.75) is 0 Å². The molecule has 0 aliphatic rings. The highest BCUT2D eigenvalue weighted by atomic mass is 35.5. The summed E-state index contributed by atoms with van der Waals surface area (Å²) < 4.78 is 5.29. The summed E-state index contributed by atoms with van der Waals surface area (Å²) in [6.45, 7) is 0. The van der Waals surface area contributed by atoms with Crippen LogP contribution in [0.4, 0.5) is 6.01 Å². The Morgan fingerprint density at radius 2 is 2.15 bits per heavy atom. The molecule has 3 nitrogen and oxygen atoms in total. The van der Waals surface area contributed by atoms with E-state index >= 15 is 0 Å². The van der Waals surface area contributed by atoms with E-state index in [0.717, 1.165) is 0 Å². The summed E-state index contributed by atoms with van der Waals surface area (Å²) >= 11 is 11.7. The molecule has 0 saturated heterocycles. The zero-order valence-electron chi connectivity index (χ0n) is 6.77. The van der Waals surface area contributed by atoms with E-state index in [1.165, 1.54) is 0 Å². The molecule has 1 N–H and O–H groups in total. The minimum Gasteiger partial charge on any atom is -0.422 e. The minimum absolute atomic E-state index is 0.430. The van der Waals surface area contributed by atoms with Crippen molar-refractivity contribution in [3.63, 3.8) is 0 Å². The summed E-state index contributed by atoms with van der Waals surface area (Å²) in [5.74, 6) is 0. The number of oxazole rings is 1. The van der Waals surface area contributed by atoms with Gasteiger partial charge in [-0.3, -0.25) is 0 Å². The van der Waals surface area contributed by atoms with Crippen LogP contribution in [0.25, 0.3) is 11.1 Å². The van der Waals surface area contributed by atoms with Crippen molar-refractivity contribution in [3.05, 3.63) is 22.2 Å². The predicted molar refractivity (Wildman–Crippen MR) is 53.6 cm³/mol. The highest BCUT2D eigenvalue weighted by Gasteiger charge is 2.08. The normalized spacial score (nSPS) is 10.7. The zero-order chi connectivity index (χ0) is 9.42. The molecular formula is C8H6Cl2N2O. The van der Waals surface area contributed by atoms with Gasteiger partial charge in [-0.25, -0.2) is 0 Å². The predicted octanol–water partition coefficient (Wildman–Crippen LogP) is 3.18. The highest BCUT2D eigenvalue weighted by Crippen LogP contribution is 2.29. The Balaban J connectivity index is 2.75. The summed E-state index contributed by atoms with van der Waals surface area (Å²) in [5.41, 5.74) is 1.21. The first kappa shape index (κ1) is 8.66. The fraction of sp³-hybridized carbons (Fsp3) is 0.125. The first-order valence-electron chi connectivity index (χ1n) is 3.64. The van der Waals surface area contributed by atoms with Crippen LogP contribution in [0.3, 0.4) is 0 Å². The van der Waals surface area contributed by atoms with Crippen LogP contribution in [0, 0.1) is 0 Å². The Hall–Kier alpha value is -0.930. The highest BCUT2D eigenvalue weighted by molar-refractivity contribution is 6.38. The SMILES string of the molecule is CNc1nc2cc(Cl)cc(Cl)c2o1. The lowest BCUT2D eigenvalue weighted by Gasteiger charge is -1.91. The molecule has 1 heterocycles. The maximum Gasteiger partial charge on any atom is 0.295 e. The van der Waals surface area contributed by atoms with Crippen molar-refractivity contribution >= 4 is 40.3 Å². The zero-order valence-corrected chi connectivity index (χ0v) is 8.28. The molecule has 1 aromatic heterocycles. The van der Waals surface area contributed by atoms with E-state index in [9.17, 15) is 0 Å². The van der Waals surface area contributed by atoms with Crippen LogP contribution in [0.2, 0.25) is 10.0 Å². The molecule has 0 radical (unpaired) electrons. The van der Waals surface area contributed by atoms with Gasteiger partial charge < -0.3 is 9.73 Å². The van der Waals surface area contributed by atoms with Crippen molar-refractivity contribution in [1.82, 2.24) is 4.98 Å². The molecule has 0 amide bonds. The van der Waals surface area contributed by atoms with E-state index in [-0.39, 0.29) is 0 Å². The first-order valence-corrected chi connectivity index (χ1v) is 4.39. The maximum atomic E-state index is 5.89. The number of nitrogens with one attached hydrogen (secondary N) is 1. The summed E-state index contributed by atoms with van der Waals surface area (Å²) in [7, 11) is 1.72. The Morgan fingerprint density at radius 1 is 1.38 bits per heavy atom. The number of anilines is 1. The van der Waals surface area contributed by atoms with Gasteiger partial charge in [0, 0.05) is 12.1 Å². The lowest BCUT2D eigenvalue weighted by atomic mass is 10.3. The van der Waals surface area contributed by atoms with Crippen LogP contribution >= 0.6 is 23.2 Å². The molecule has 13 heavy (non-hydrogen) atoms. The summed E-state index contributed by atoms with van der Waals surface area (Å²) in [6, 6.07) is 3.75. The second kappa shape index (κ2) is 3.09. The second-order valence-corrected chi connectivity index (χ2v) is 3.35. The number of nitrogens with zero attached hydrogens (tertiary/aromatic N) is 1. The molecule has 1 aromatic carbocycles. The number of fused-ring (bicyclic) bond motifs is 1. The van der Waals surface area contributed by atoms with E-state index in [2.05, 4.69) is 10.3 Å². The number of aromatic nitrogens is 1. The van der Waals surface area contributed by atoms with E-state index in [4.69, 9.17) is 27.6 Å². The Labute approximate surface area is 84.6 Å². The van der Waals surface area contributed by atoms with Crippen LogP contribution in [0.15, 0.2) is 16.5 Å². The molecule has 2 rings (SSSR count). The van der Waals surface area contributed by atoms with E-state index < -0.39 is 0 Å². The molecular weight excluding hydrogens is 211 g/mol. The average molecular weight is 217 g/mol. The van der Waals surface area contributed by atoms with Crippen molar-refractivity contribution in [3.8, 4) is 0 Å². The van der Waals surface area contributed by atoms with Gasteiger partial charge in [-0.15, -0.1) is 0 Å². The molecule has 0 saturated carbocycles. The van der Waals surface area contributed by atoms with Crippen LogP contribution in [-0.4, -0.2) is 12.0 Å². The van der Waals surface area contributed by atoms with Crippen molar-refractivity contribution in [2.24, 2.45) is 0 Å². The van der Waals surface area contributed by atoms with Crippen LogP contribution in [0.1, 0.15) is 0 Å². The Morgan fingerprint density at radius 3 is 2.85 bits per heavy atom. The third kappa shape index (κ3) is 1.45. The number of halogens is 2. The van der Waals surface area contributed by atoms with Crippen molar-refractivity contribution in [2.75, 3.05) is 12.4 Å². The van der Waals surface area contributed by atoms with Crippen LogP contribution in [0.5, 0.6) is 0 Å². The lowest BCUT2D eigenvalue weighted by molar-refractivity contribution is 0.620. The third-order valence-corrected chi connectivity index (χ3v) is 2.12. The molecule has 2 aromatic rings. The van der Waals surface area contributed by atoms with Gasteiger partial charge in [0.2, 0.25) is 0 Å². The topological polar surface area (TPSA) is 38.1 Å². The van der Waals surface area contributed by atoms with E-state index in [0.29, 0.717) is 27.2 Å². The Kier molecular flexibility index (Phi) is 2.06. The van der Waals surface area contributed by atoms with E-state index in [1.807, 2.05) is 0 Å². The van der Waals surface area contributed by atoms with Gasteiger partial charge in [0.1, 0.15) is 5.52 Å². The van der Waals surface area contributed by atoms with Gasteiger partial charge in [-0.1, -0.05) is 23.2 Å². The quantitative estimate of drug-likeness (QED) is 0.796. The Bertz CT molecular complexity index is 453. The fourth-order valence-electron chi connectivity index (χ4n) is 1.07. The molecule has 0 spiro atoms. The maximum absolute atomic E-state index is 5.89. The third-order valence-electron chi connectivity index (χ3n) is 1.62. The van der Waals surface area contributed by atoms with Gasteiger partial charge >= 0.3 is 0 Å². The number of hydrogen-bond donors (Lipinski definition) is 1. The molecule has 0 unspecified atom stereocenters. The largest absolute Gasteiger partial charge is 0.422 e. The van der Waals surface area contributed by atoms with E-state index in [1.54, 1.807) is 19.2 Å². The first-order chi connectivity index (χ1) is 6.20. The average Bonchev–Trinajstić information content (AvgIpc) is 2.47. The summed E-state index contributed by atoms with van der Waals surface area (Å²) in [5, 5.41) is 3.80. The number of hydrogen-bond acceptors (Lipinski definition) is 3. The molecule has 0 fully saturated rings. The molecule has 5 heteroatoms. The summed E-state index contributed by atoms with van der Waals surface area (Å²) in [6.07, 6.45) is 0. The monoisotopic (exact) mass is 216 g/mol. The molecule has 0 bridgehead atoms. The van der Waals surface area contributed by atoms with Gasteiger partial charge in [-0.05, 0) is 12.1 Å².